The normalized spacial score (nSPS) is 13.5. The Bertz CT molecular complexity index is 1070. The second-order valence-corrected chi connectivity index (χ2v) is 8.36. The maximum absolute atomic E-state index is 10.8. The standard InChI is InChI=1S/C15H17NO2.C6H7NO2S/c17-15(18)9-10-16-13-7-3-1-5-11(13)12-6-2-4-8-14(12)16;7-10(8,9)6-4-2-1-3-5-6/h1,3,5,7H,2,4,6,8-10H2,(H,17,18);1-5H,(H2,7,8,9). The highest BCUT2D eigenvalue weighted by Crippen LogP contribution is 2.32. The lowest BCUT2D eigenvalue weighted by atomic mass is 9.95. The molecule has 0 saturated heterocycles. The van der Waals surface area contributed by atoms with Gasteiger partial charge in [-0.3, -0.25) is 4.79 Å². The molecule has 0 spiro atoms. The number of aliphatic carboxylic acids is 1. The first kappa shape index (κ1) is 20.1. The molecule has 7 heteroatoms. The summed E-state index contributed by atoms with van der Waals surface area (Å²) in [6.45, 7) is 0.588. The van der Waals surface area contributed by atoms with Crippen molar-refractivity contribution >= 4 is 26.9 Å². The Labute approximate surface area is 164 Å². The Morgan fingerprint density at radius 1 is 1.00 bits per heavy atom. The maximum Gasteiger partial charge on any atom is 0.305 e. The van der Waals surface area contributed by atoms with E-state index in [9.17, 15) is 13.2 Å². The highest BCUT2D eigenvalue weighted by atomic mass is 32.2. The molecule has 1 heterocycles. The molecule has 6 nitrogen and oxygen atoms in total. The molecule has 1 aromatic heterocycles. The largest absolute Gasteiger partial charge is 0.481 e. The quantitative estimate of drug-likeness (QED) is 0.701. The molecule has 1 aliphatic carbocycles. The van der Waals surface area contributed by atoms with Crippen molar-refractivity contribution in [3.63, 3.8) is 0 Å². The van der Waals surface area contributed by atoms with Gasteiger partial charge in [0.2, 0.25) is 10.0 Å². The smallest absolute Gasteiger partial charge is 0.305 e. The van der Waals surface area contributed by atoms with Gasteiger partial charge in [-0.25, -0.2) is 13.6 Å². The monoisotopic (exact) mass is 400 g/mol. The lowest BCUT2D eigenvalue weighted by molar-refractivity contribution is -0.137. The van der Waals surface area contributed by atoms with Crippen LogP contribution in [0.5, 0.6) is 0 Å². The number of benzene rings is 2. The van der Waals surface area contributed by atoms with Crippen molar-refractivity contribution in [2.45, 2.75) is 43.5 Å². The Morgan fingerprint density at radius 2 is 1.64 bits per heavy atom. The van der Waals surface area contributed by atoms with Crippen LogP contribution in [0.15, 0.2) is 59.5 Å². The molecule has 3 N–H and O–H groups in total. The Kier molecular flexibility index (Phi) is 6.16. The lowest BCUT2D eigenvalue weighted by Gasteiger charge is -2.15. The summed E-state index contributed by atoms with van der Waals surface area (Å²) >= 11 is 0. The summed E-state index contributed by atoms with van der Waals surface area (Å²) in [5.74, 6) is -0.725. The van der Waals surface area contributed by atoms with Gasteiger partial charge in [0.15, 0.2) is 0 Å². The summed E-state index contributed by atoms with van der Waals surface area (Å²) < 4.78 is 23.4. The second kappa shape index (κ2) is 8.58. The van der Waals surface area contributed by atoms with E-state index >= 15 is 0 Å². The lowest BCUT2D eigenvalue weighted by Crippen LogP contribution is -2.11. The summed E-state index contributed by atoms with van der Waals surface area (Å²) in [6, 6.07) is 16.3. The van der Waals surface area contributed by atoms with Gasteiger partial charge in [-0.2, -0.15) is 0 Å². The minimum atomic E-state index is -3.50. The minimum Gasteiger partial charge on any atom is -0.481 e. The fraction of sp³-hybridized carbons (Fsp3) is 0.286. The maximum atomic E-state index is 10.8. The number of aryl methyl sites for hydroxylation is 2. The van der Waals surface area contributed by atoms with E-state index < -0.39 is 16.0 Å². The number of carbonyl (C=O) groups is 1. The van der Waals surface area contributed by atoms with Crippen LogP contribution in [-0.4, -0.2) is 24.1 Å². The molecule has 0 saturated carbocycles. The van der Waals surface area contributed by atoms with Gasteiger partial charge < -0.3 is 9.67 Å². The molecule has 0 aliphatic heterocycles. The van der Waals surface area contributed by atoms with Crippen LogP contribution in [0.4, 0.5) is 0 Å². The molecule has 0 atom stereocenters. The molecule has 28 heavy (non-hydrogen) atoms. The van der Waals surface area contributed by atoms with Gasteiger partial charge in [0.1, 0.15) is 0 Å². The Balaban J connectivity index is 0.000000192. The number of carboxylic acids is 1. The molecule has 4 rings (SSSR count). The summed E-state index contributed by atoms with van der Waals surface area (Å²) in [5.41, 5.74) is 4.01. The van der Waals surface area contributed by atoms with Gasteiger partial charge in [-0.1, -0.05) is 36.4 Å². The molecule has 0 amide bonds. The van der Waals surface area contributed by atoms with Gasteiger partial charge in [0.25, 0.3) is 0 Å². The van der Waals surface area contributed by atoms with Crippen molar-refractivity contribution in [2.24, 2.45) is 5.14 Å². The van der Waals surface area contributed by atoms with Crippen LogP contribution >= 0.6 is 0 Å². The zero-order chi connectivity index (χ0) is 20.1. The van der Waals surface area contributed by atoms with Crippen LogP contribution in [0, 0.1) is 0 Å². The van der Waals surface area contributed by atoms with Gasteiger partial charge in [-0.15, -0.1) is 0 Å². The fourth-order valence-corrected chi connectivity index (χ4v) is 4.20. The molecule has 0 radical (unpaired) electrons. The number of aromatic nitrogens is 1. The van der Waals surface area contributed by atoms with Crippen molar-refractivity contribution in [3.8, 4) is 0 Å². The van der Waals surface area contributed by atoms with Crippen LogP contribution < -0.4 is 5.14 Å². The number of hydrogen-bond donors (Lipinski definition) is 2. The predicted octanol–water partition coefficient (Wildman–Crippen LogP) is 3.33. The Hall–Kier alpha value is -2.64. The number of carboxylic acid groups (broad SMARTS) is 1. The van der Waals surface area contributed by atoms with Crippen molar-refractivity contribution in [1.29, 1.82) is 0 Å². The molecule has 2 aromatic carbocycles. The number of nitrogens with zero attached hydrogens (tertiary/aromatic N) is 1. The fourth-order valence-electron chi connectivity index (χ4n) is 3.66. The summed E-state index contributed by atoms with van der Waals surface area (Å²) in [5, 5.41) is 15.0. The van der Waals surface area contributed by atoms with E-state index in [4.69, 9.17) is 10.2 Å². The summed E-state index contributed by atoms with van der Waals surface area (Å²) in [7, 11) is -3.50. The van der Waals surface area contributed by atoms with Crippen LogP contribution in [0.2, 0.25) is 0 Å². The van der Waals surface area contributed by atoms with Gasteiger partial charge >= 0.3 is 5.97 Å². The van der Waals surface area contributed by atoms with E-state index in [0.29, 0.717) is 6.54 Å². The van der Waals surface area contributed by atoms with E-state index in [1.807, 2.05) is 6.07 Å². The number of hydrogen-bond acceptors (Lipinski definition) is 3. The van der Waals surface area contributed by atoms with Gasteiger partial charge in [0, 0.05) is 23.1 Å². The predicted molar refractivity (Wildman–Crippen MR) is 109 cm³/mol. The zero-order valence-electron chi connectivity index (χ0n) is 15.5. The average molecular weight is 401 g/mol. The number of para-hydroxylation sites is 1. The highest BCUT2D eigenvalue weighted by molar-refractivity contribution is 7.89. The molecule has 0 bridgehead atoms. The van der Waals surface area contributed by atoms with Crippen molar-refractivity contribution in [1.82, 2.24) is 4.57 Å². The number of sulfonamides is 1. The van der Waals surface area contributed by atoms with E-state index in [1.54, 1.807) is 18.2 Å². The first-order chi connectivity index (χ1) is 13.4. The van der Waals surface area contributed by atoms with E-state index in [1.165, 1.54) is 47.1 Å². The van der Waals surface area contributed by atoms with Crippen LogP contribution in [0.25, 0.3) is 10.9 Å². The third-order valence-corrected chi connectivity index (χ3v) is 5.83. The third-order valence-electron chi connectivity index (χ3n) is 4.91. The van der Waals surface area contributed by atoms with Crippen molar-refractivity contribution in [2.75, 3.05) is 0 Å². The first-order valence-corrected chi connectivity index (χ1v) is 10.8. The average Bonchev–Trinajstić information content (AvgIpc) is 3.01. The highest BCUT2D eigenvalue weighted by Gasteiger charge is 2.19. The van der Waals surface area contributed by atoms with E-state index in [-0.39, 0.29) is 11.3 Å². The third kappa shape index (κ3) is 4.61. The minimum absolute atomic E-state index is 0.148. The Morgan fingerprint density at radius 3 is 2.29 bits per heavy atom. The zero-order valence-corrected chi connectivity index (χ0v) is 16.4. The van der Waals surface area contributed by atoms with Crippen LogP contribution in [0.3, 0.4) is 0 Å². The van der Waals surface area contributed by atoms with Crippen molar-refractivity contribution < 1.29 is 18.3 Å². The van der Waals surface area contributed by atoms with E-state index in [2.05, 4.69) is 22.8 Å². The summed E-state index contributed by atoms with van der Waals surface area (Å²) in [6.07, 6.45) is 4.89. The molecule has 1 aliphatic rings. The van der Waals surface area contributed by atoms with Gasteiger partial charge in [-0.05, 0) is 49.4 Å². The molecular formula is C21H24N2O4S. The first-order valence-electron chi connectivity index (χ1n) is 9.26. The SMILES string of the molecule is NS(=O)(=O)c1ccccc1.O=C(O)CCn1c2c(c3ccccc31)CCCC2. The van der Waals surface area contributed by atoms with Crippen LogP contribution in [0.1, 0.15) is 30.5 Å². The second-order valence-electron chi connectivity index (χ2n) is 6.80. The number of fused-ring (bicyclic) bond motifs is 3. The van der Waals surface area contributed by atoms with Gasteiger partial charge in [0.05, 0.1) is 11.3 Å². The number of primary sulfonamides is 1. The molecule has 3 aromatic rings. The molecule has 148 valence electrons. The summed E-state index contributed by atoms with van der Waals surface area (Å²) in [4.78, 5) is 10.9. The van der Waals surface area contributed by atoms with Crippen molar-refractivity contribution in [3.05, 3.63) is 65.9 Å². The molecule has 0 fully saturated rings. The van der Waals surface area contributed by atoms with Crippen LogP contribution in [-0.2, 0) is 34.2 Å². The molecule has 0 unspecified atom stereocenters. The number of nitrogens with two attached hydrogens (primary N) is 1. The topological polar surface area (TPSA) is 102 Å². The molecular weight excluding hydrogens is 376 g/mol. The van der Waals surface area contributed by atoms with E-state index in [0.717, 1.165) is 12.8 Å². The number of rotatable bonds is 4.